The van der Waals surface area contributed by atoms with Crippen LogP contribution in [0.15, 0.2) is 0 Å². The molecule has 35 heavy (non-hydrogen) atoms. The number of aliphatic hydroxyl groups excluding tert-OH is 2. The van der Waals surface area contributed by atoms with Gasteiger partial charge in [-0.25, -0.2) is 4.79 Å². The van der Waals surface area contributed by atoms with Crippen LogP contribution < -0.4 is 37.9 Å². The minimum absolute atomic E-state index is 0.119. The van der Waals surface area contributed by atoms with E-state index in [1.807, 2.05) is 17.8 Å². The molecule has 0 aromatic heterocycles. The summed E-state index contributed by atoms with van der Waals surface area (Å²) < 4.78 is 0. The number of nitrogens with two attached hydrogens (primary N) is 1. The van der Waals surface area contributed by atoms with Crippen molar-refractivity contribution < 1.29 is 39.0 Å². The van der Waals surface area contributed by atoms with E-state index in [2.05, 4.69) is 21.3 Å². The summed E-state index contributed by atoms with van der Waals surface area (Å²) in [4.78, 5) is 72.1. The van der Waals surface area contributed by atoms with Crippen LogP contribution in [0.2, 0.25) is 0 Å². The number of nitrogens with one attached hydrogen (secondary N) is 6. The first-order valence-electron chi connectivity index (χ1n) is 11.3. The number of amides is 7. The molecule has 0 radical (unpaired) electrons. The van der Waals surface area contributed by atoms with Crippen molar-refractivity contribution in [3.8, 4) is 0 Å². The number of hydrogen-bond acceptors (Lipinski definition) is 8. The Balaban J connectivity index is 5.07. The fourth-order valence-corrected chi connectivity index (χ4v) is 2.64. The van der Waals surface area contributed by atoms with Gasteiger partial charge in [-0.1, -0.05) is 20.3 Å². The second-order valence-corrected chi connectivity index (χ2v) is 7.73. The molecule has 0 fully saturated rings. The maximum atomic E-state index is 12.4. The first kappa shape index (κ1) is 31.5. The summed E-state index contributed by atoms with van der Waals surface area (Å²) in [6, 6.07) is -5.31. The van der Waals surface area contributed by atoms with Gasteiger partial charge in [0, 0.05) is 13.0 Å². The lowest BCUT2D eigenvalue weighted by molar-refractivity contribution is -0.135. The summed E-state index contributed by atoms with van der Waals surface area (Å²) in [5.41, 5.74) is 9.09. The molecule has 1 unspecified atom stereocenters. The standard InChI is InChI=1S/C20H37N7O8/c1-4-6-8-22-17(32)13(10-28)24-20(35)23-12(9-14(21)30)18(33)26-27-19(34)16(11(3)29)25-15(31)7-5-2/h11-13,16,28-29H,4-10H2,1-3H3,(H2,21,30)(H,22,32)(H,25,31)(H,26,33)(H,27,34)(H2,23,24,35)/t11?,12-,13-,16-/m1/s1. The minimum Gasteiger partial charge on any atom is -0.394 e. The molecule has 0 spiro atoms. The summed E-state index contributed by atoms with van der Waals surface area (Å²) in [6.07, 6.45) is 0.193. The molecule has 0 heterocycles. The average molecular weight is 504 g/mol. The van der Waals surface area contributed by atoms with Gasteiger partial charge in [0.2, 0.25) is 17.7 Å². The van der Waals surface area contributed by atoms with Gasteiger partial charge in [0.15, 0.2) is 0 Å². The van der Waals surface area contributed by atoms with Gasteiger partial charge in [0.05, 0.1) is 19.1 Å². The average Bonchev–Trinajstić information content (AvgIpc) is 2.78. The fourth-order valence-electron chi connectivity index (χ4n) is 2.64. The third kappa shape index (κ3) is 13.1. The van der Waals surface area contributed by atoms with Crippen molar-refractivity contribution in [3.05, 3.63) is 0 Å². The monoisotopic (exact) mass is 503 g/mol. The maximum absolute atomic E-state index is 12.4. The van der Waals surface area contributed by atoms with Crippen LogP contribution in [0.4, 0.5) is 4.79 Å². The Bertz CT molecular complexity index is 747. The second-order valence-electron chi connectivity index (χ2n) is 7.73. The van der Waals surface area contributed by atoms with Gasteiger partial charge in [0.25, 0.3) is 11.8 Å². The summed E-state index contributed by atoms with van der Waals surface area (Å²) in [6.45, 7) is 4.55. The van der Waals surface area contributed by atoms with E-state index in [-0.39, 0.29) is 6.42 Å². The number of rotatable bonds is 15. The van der Waals surface area contributed by atoms with Crippen molar-refractivity contribution >= 4 is 35.6 Å². The van der Waals surface area contributed by atoms with Crippen LogP contribution in [0.25, 0.3) is 0 Å². The van der Waals surface area contributed by atoms with Gasteiger partial charge in [0.1, 0.15) is 18.1 Å². The molecular weight excluding hydrogens is 466 g/mol. The fraction of sp³-hybridized carbons (Fsp3) is 0.700. The van der Waals surface area contributed by atoms with Gasteiger partial charge in [-0.05, 0) is 19.8 Å². The Morgan fingerprint density at radius 1 is 0.857 bits per heavy atom. The van der Waals surface area contributed by atoms with Crippen molar-refractivity contribution in [2.45, 2.75) is 77.1 Å². The molecule has 7 amide bonds. The maximum Gasteiger partial charge on any atom is 0.316 e. The van der Waals surface area contributed by atoms with Crippen molar-refractivity contribution in [1.82, 2.24) is 32.1 Å². The number of aliphatic hydroxyl groups is 2. The topological polar surface area (TPSA) is 241 Å². The molecule has 15 nitrogen and oxygen atoms in total. The number of primary amides is 1. The van der Waals surface area contributed by atoms with Gasteiger partial charge in [-0.2, -0.15) is 0 Å². The third-order valence-corrected chi connectivity index (χ3v) is 4.53. The van der Waals surface area contributed by atoms with Crippen LogP contribution >= 0.6 is 0 Å². The van der Waals surface area contributed by atoms with Crippen LogP contribution in [0.5, 0.6) is 0 Å². The second kappa shape index (κ2) is 17.0. The van der Waals surface area contributed by atoms with Crippen molar-refractivity contribution in [3.63, 3.8) is 0 Å². The Morgan fingerprint density at radius 2 is 1.46 bits per heavy atom. The summed E-state index contributed by atoms with van der Waals surface area (Å²) in [7, 11) is 0. The molecule has 4 atom stereocenters. The molecule has 0 aliphatic heterocycles. The van der Waals surface area contributed by atoms with E-state index in [9.17, 15) is 39.0 Å². The molecule has 0 aliphatic rings. The highest BCUT2D eigenvalue weighted by molar-refractivity contribution is 5.94. The molecule has 0 saturated carbocycles. The van der Waals surface area contributed by atoms with E-state index in [0.29, 0.717) is 19.4 Å². The highest BCUT2D eigenvalue weighted by Crippen LogP contribution is 1.97. The lowest BCUT2D eigenvalue weighted by Crippen LogP contribution is -2.60. The zero-order valence-corrected chi connectivity index (χ0v) is 20.2. The van der Waals surface area contributed by atoms with Crippen LogP contribution in [0.1, 0.15) is 52.9 Å². The molecule has 0 aliphatic carbocycles. The van der Waals surface area contributed by atoms with E-state index >= 15 is 0 Å². The molecule has 0 bridgehead atoms. The number of hydrogen-bond donors (Lipinski definition) is 9. The number of hydrazine groups is 1. The van der Waals surface area contributed by atoms with Crippen LogP contribution in [-0.4, -0.2) is 83.2 Å². The Morgan fingerprint density at radius 3 is 1.97 bits per heavy atom. The van der Waals surface area contributed by atoms with E-state index < -0.39 is 72.8 Å². The van der Waals surface area contributed by atoms with Crippen LogP contribution in [-0.2, 0) is 24.0 Å². The summed E-state index contributed by atoms with van der Waals surface area (Å²) in [5.74, 6) is -4.09. The molecular formula is C20H37N7O8. The molecule has 0 aromatic rings. The highest BCUT2D eigenvalue weighted by Gasteiger charge is 2.29. The van der Waals surface area contributed by atoms with Crippen molar-refractivity contribution in [1.29, 1.82) is 0 Å². The SMILES string of the molecule is CCCCNC(=O)[C@@H](CO)NC(=O)N[C@H](CC(N)=O)C(=O)NNC(=O)[C@H](NC(=O)CCC)C(C)O. The molecule has 15 heteroatoms. The van der Waals surface area contributed by atoms with Crippen molar-refractivity contribution in [2.24, 2.45) is 5.73 Å². The highest BCUT2D eigenvalue weighted by atomic mass is 16.3. The number of unbranched alkanes of at least 4 members (excludes halogenated alkanes) is 1. The van der Waals surface area contributed by atoms with E-state index in [1.54, 1.807) is 6.92 Å². The molecule has 0 rings (SSSR count). The summed E-state index contributed by atoms with van der Waals surface area (Å²) >= 11 is 0. The van der Waals surface area contributed by atoms with E-state index in [4.69, 9.17) is 5.73 Å². The first-order chi connectivity index (χ1) is 16.5. The predicted molar refractivity (Wildman–Crippen MR) is 123 cm³/mol. The number of carbonyl (C=O) groups is 6. The normalized spacial score (nSPS) is 13.9. The largest absolute Gasteiger partial charge is 0.394 e. The van der Waals surface area contributed by atoms with Gasteiger partial charge in [-0.3, -0.25) is 34.8 Å². The molecule has 200 valence electrons. The smallest absolute Gasteiger partial charge is 0.316 e. The van der Waals surface area contributed by atoms with Crippen molar-refractivity contribution in [2.75, 3.05) is 13.2 Å². The van der Waals surface area contributed by atoms with E-state index in [1.165, 1.54) is 6.92 Å². The Kier molecular flexibility index (Phi) is 15.4. The Hall–Kier alpha value is -3.46. The molecule has 10 N–H and O–H groups in total. The Labute approximate surface area is 203 Å². The van der Waals surface area contributed by atoms with Gasteiger partial charge >= 0.3 is 6.03 Å². The van der Waals surface area contributed by atoms with Gasteiger partial charge in [-0.15, -0.1) is 0 Å². The predicted octanol–water partition coefficient (Wildman–Crippen LogP) is -3.38. The lowest BCUT2D eigenvalue weighted by atomic mass is 10.1. The van der Waals surface area contributed by atoms with E-state index in [0.717, 1.165) is 6.42 Å². The number of carbonyl (C=O) groups excluding carboxylic acids is 6. The minimum atomic E-state index is -1.56. The third-order valence-electron chi connectivity index (χ3n) is 4.53. The molecule has 0 aromatic carbocycles. The molecule has 0 saturated heterocycles. The zero-order chi connectivity index (χ0) is 27.0. The van der Waals surface area contributed by atoms with Gasteiger partial charge < -0.3 is 37.2 Å². The van der Waals surface area contributed by atoms with Crippen LogP contribution in [0, 0.1) is 0 Å². The summed E-state index contributed by atoms with van der Waals surface area (Å²) in [5, 5.41) is 28.3. The lowest BCUT2D eigenvalue weighted by Gasteiger charge is -2.23. The number of urea groups is 1. The first-order valence-corrected chi connectivity index (χ1v) is 11.3. The quantitative estimate of drug-likeness (QED) is 0.0804. The zero-order valence-electron chi connectivity index (χ0n) is 20.2. The van der Waals surface area contributed by atoms with Crippen LogP contribution in [0.3, 0.4) is 0 Å².